The summed E-state index contributed by atoms with van der Waals surface area (Å²) in [5.41, 5.74) is 0. The lowest BCUT2D eigenvalue weighted by molar-refractivity contribution is -0.870. The Morgan fingerprint density at radius 3 is 1.85 bits per heavy atom. The van der Waals surface area contributed by atoms with E-state index in [9.17, 15) is 19.0 Å². The number of hydrogen-bond donors (Lipinski definition) is 0. The van der Waals surface area contributed by atoms with Crippen molar-refractivity contribution < 1.29 is 42.1 Å². The molecule has 2 unspecified atom stereocenters. The smallest absolute Gasteiger partial charge is 0.306 e. The highest BCUT2D eigenvalue weighted by molar-refractivity contribution is 7.45. The summed E-state index contributed by atoms with van der Waals surface area (Å²) in [6.45, 7) is 4.04. The summed E-state index contributed by atoms with van der Waals surface area (Å²) in [4.78, 5) is 37.1. The molecule has 2 atom stereocenters. The number of quaternary nitrogens is 1. The molecule has 10 heteroatoms. The Morgan fingerprint density at radius 2 is 1.22 bits per heavy atom. The van der Waals surface area contributed by atoms with Crippen molar-refractivity contribution in [2.75, 3.05) is 47.5 Å². The van der Waals surface area contributed by atoms with Crippen LogP contribution in [0, 0.1) is 0 Å². The van der Waals surface area contributed by atoms with Crippen LogP contribution in [0.4, 0.5) is 0 Å². The van der Waals surface area contributed by atoms with Crippen LogP contribution in [0.2, 0.25) is 0 Å². The Morgan fingerprint density at radius 1 is 0.674 bits per heavy atom. The van der Waals surface area contributed by atoms with Gasteiger partial charge in [0, 0.05) is 12.8 Å². The fourth-order valence-electron chi connectivity index (χ4n) is 4.30. The number of likely N-dealkylation sites (N-methyl/N-ethyl adjacent to an activating group) is 1. The van der Waals surface area contributed by atoms with E-state index in [-0.39, 0.29) is 26.1 Å². The number of carbonyl (C=O) groups excluding carboxylic acids is 2. The number of carbonyl (C=O) groups is 2. The van der Waals surface area contributed by atoms with Crippen molar-refractivity contribution in [1.82, 2.24) is 0 Å². The van der Waals surface area contributed by atoms with Crippen LogP contribution in [-0.2, 0) is 32.7 Å². The van der Waals surface area contributed by atoms with E-state index in [4.69, 9.17) is 18.5 Å². The average molecular weight is 672 g/mol. The first kappa shape index (κ1) is 44.2. The van der Waals surface area contributed by atoms with E-state index in [0.29, 0.717) is 23.9 Å². The third-order valence-electron chi connectivity index (χ3n) is 7.15. The first-order chi connectivity index (χ1) is 22.0. The van der Waals surface area contributed by atoms with Gasteiger partial charge in [-0.25, -0.2) is 0 Å². The van der Waals surface area contributed by atoms with E-state index in [0.717, 1.165) is 25.7 Å². The van der Waals surface area contributed by atoms with Crippen LogP contribution in [0.3, 0.4) is 0 Å². The highest BCUT2D eigenvalue weighted by Gasteiger charge is 2.21. The molecule has 0 saturated heterocycles. The molecule has 0 heterocycles. The molecule has 0 aliphatic carbocycles. The van der Waals surface area contributed by atoms with Gasteiger partial charge < -0.3 is 27.9 Å². The van der Waals surface area contributed by atoms with E-state index in [1.807, 2.05) is 33.3 Å². The van der Waals surface area contributed by atoms with E-state index < -0.39 is 32.5 Å². The summed E-state index contributed by atoms with van der Waals surface area (Å²) in [5.74, 6) is -0.960. The van der Waals surface area contributed by atoms with Gasteiger partial charge in [-0.2, -0.15) is 0 Å². The predicted molar refractivity (Wildman–Crippen MR) is 185 cm³/mol. The van der Waals surface area contributed by atoms with E-state index in [1.165, 1.54) is 64.2 Å². The van der Waals surface area contributed by atoms with Gasteiger partial charge in [0.1, 0.15) is 19.8 Å². The molecule has 0 spiro atoms. The molecule has 0 aromatic carbocycles. The Balaban J connectivity index is 4.62. The lowest BCUT2D eigenvalue weighted by atomic mass is 10.1. The van der Waals surface area contributed by atoms with Crippen LogP contribution in [0.1, 0.15) is 129 Å². The maximum atomic E-state index is 12.5. The molecule has 0 radical (unpaired) electrons. The molecule has 0 aliphatic rings. The lowest BCUT2D eigenvalue weighted by Gasteiger charge is -2.28. The third kappa shape index (κ3) is 32.2. The molecule has 46 heavy (non-hydrogen) atoms. The van der Waals surface area contributed by atoms with Gasteiger partial charge >= 0.3 is 11.9 Å². The maximum absolute atomic E-state index is 12.5. The lowest BCUT2D eigenvalue weighted by Crippen LogP contribution is -2.37. The molecule has 0 N–H and O–H groups in total. The fraction of sp³-hybridized carbons (Fsp3) is 0.778. The van der Waals surface area contributed by atoms with Gasteiger partial charge in [0.15, 0.2) is 6.10 Å². The molecular formula is C36H66NO8P. The summed E-state index contributed by atoms with van der Waals surface area (Å²) in [6, 6.07) is 0. The van der Waals surface area contributed by atoms with Crippen molar-refractivity contribution in [2.24, 2.45) is 0 Å². The Kier molecular flexibility index (Phi) is 28.2. The molecule has 268 valence electrons. The normalized spacial score (nSPS) is 14.3. The van der Waals surface area contributed by atoms with E-state index >= 15 is 0 Å². The largest absolute Gasteiger partial charge is 0.756 e. The molecule has 0 aromatic rings. The number of allylic oxidation sites excluding steroid dienone is 6. The fourth-order valence-corrected chi connectivity index (χ4v) is 5.03. The maximum Gasteiger partial charge on any atom is 0.306 e. The number of unbranched alkanes of at least 4 members (excludes halogenated alkanes) is 11. The summed E-state index contributed by atoms with van der Waals surface area (Å²) < 4.78 is 33.5. The first-order valence-electron chi connectivity index (χ1n) is 17.7. The highest BCUT2D eigenvalue weighted by Crippen LogP contribution is 2.38. The number of esters is 2. The zero-order valence-electron chi connectivity index (χ0n) is 29.8. The Labute approximate surface area is 281 Å². The van der Waals surface area contributed by atoms with E-state index in [2.05, 4.69) is 38.2 Å². The first-order valence-corrected chi connectivity index (χ1v) is 19.2. The number of phosphoric ester groups is 1. The van der Waals surface area contributed by atoms with Gasteiger partial charge in [-0.1, -0.05) is 102 Å². The highest BCUT2D eigenvalue weighted by atomic mass is 31.2. The minimum atomic E-state index is -4.63. The molecule has 0 rings (SSSR count). The molecule has 0 aromatic heterocycles. The molecule has 9 nitrogen and oxygen atoms in total. The number of phosphoric acid groups is 1. The zero-order chi connectivity index (χ0) is 34.4. The van der Waals surface area contributed by atoms with Gasteiger partial charge in [0.25, 0.3) is 7.82 Å². The van der Waals surface area contributed by atoms with Gasteiger partial charge in [-0.3, -0.25) is 14.2 Å². The zero-order valence-corrected chi connectivity index (χ0v) is 30.7. The molecular weight excluding hydrogens is 605 g/mol. The van der Waals surface area contributed by atoms with E-state index in [1.54, 1.807) is 0 Å². The average Bonchev–Trinajstić information content (AvgIpc) is 2.99. The van der Waals surface area contributed by atoms with Crippen molar-refractivity contribution in [2.45, 2.75) is 136 Å². The van der Waals surface area contributed by atoms with Crippen molar-refractivity contribution in [1.29, 1.82) is 0 Å². The van der Waals surface area contributed by atoms with Crippen molar-refractivity contribution in [3.63, 3.8) is 0 Å². The van der Waals surface area contributed by atoms with Crippen LogP contribution < -0.4 is 4.89 Å². The molecule has 0 saturated carbocycles. The molecule has 0 aliphatic heterocycles. The second kappa shape index (κ2) is 29.4. The van der Waals surface area contributed by atoms with Crippen LogP contribution in [0.15, 0.2) is 36.5 Å². The topological polar surface area (TPSA) is 111 Å². The van der Waals surface area contributed by atoms with Gasteiger partial charge in [0.05, 0.1) is 27.7 Å². The van der Waals surface area contributed by atoms with Crippen molar-refractivity contribution in [3.8, 4) is 0 Å². The third-order valence-corrected chi connectivity index (χ3v) is 8.11. The van der Waals surface area contributed by atoms with Crippen molar-refractivity contribution >= 4 is 19.8 Å². The SMILES string of the molecule is CCCCCC/C=C/CCCC(=O)OCC(COP(=O)([O-])OCC[N+](C)(C)C)OC(=O)CC/C=C/C/C=C/CCCCCCCC. The van der Waals surface area contributed by atoms with Crippen LogP contribution in [-0.4, -0.2) is 70.0 Å². The van der Waals surface area contributed by atoms with Crippen LogP contribution in [0.5, 0.6) is 0 Å². The number of ether oxygens (including phenoxy) is 2. The standard InChI is InChI=1S/C36H66NO8P/c1-6-8-10-12-14-16-17-18-19-21-23-25-27-29-36(39)45-34(33-44-46(40,41)43-31-30-37(3,4)5)32-42-35(38)28-26-24-22-20-15-13-11-9-7-2/h18-20,22-23,25,34H,6-17,21,24,26-33H2,1-5H3/b19-18+,22-20+,25-23+. The summed E-state index contributed by atoms with van der Waals surface area (Å²) in [6.07, 6.45) is 29.2. The summed E-state index contributed by atoms with van der Waals surface area (Å²) >= 11 is 0. The van der Waals surface area contributed by atoms with Gasteiger partial charge in [-0.15, -0.1) is 0 Å². The molecule has 0 bridgehead atoms. The Bertz CT molecular complexity index is 897. The number of hydrogen-bond acceptors (Lipinski definition) is 8. The molecule has 0 amide bonds. The van der Waals surface area contributed by atoms with Crippen molar-refractivity contribution in [3.05, 3.63) is 36.5 Å². The summed E-state index contributed by atoms with van der Waals surface area (Å²) in [7, 11) is 1.11. The van der Waals surface area contributed by atoms with Gasteiger partial charge in [-0.05, 0) is 51.4 Å². The minimum absolute atomic E-state index is 0.0442. The van der Waals surface area contributed by atoms with Crippen LogP contribution >= 0.6 is 7.82 Å². The predicted octanol–water partition coefficient (Wildman–Crippen LogP) is 8.38. The molecule has 0 fully saturated rings. The Hall–Kier alpha value is -1.77. The number of rotatable bonds is 31. The summed E-state index contributed by atoms with van der Waals surface area (Å²) in [5, 5.41) is 0. The monoisotopic (exact) mass is 671 g/mol. The second-order valence-electron chi connectivity index (χ2n) is 12.9. The second-order valence-corrected chi connectivity index (χ2v) is 14.3. The van der Waals surface area contributed by atoms with Gasteiger partial charge in [0.2, 0.25) is 0 Å². The minimum Gasteiger partial charge on any atom is -0.756 e. The van der Waals surface area contributed by atoms with Crippen LogP contribution in [0.25, 0.3) is 0 Å². The number of nitrogens with zero attached hydrogens (tertiary/aromatic N) is 1. The quantitative estimate of drug-likeness (QED) is 0.0238.